The molecule has 0 saturated heterocycles. The van der Waals surface area contributed by atoms with Crippen molar-refractivity contribution in [2.75, 3.05) is 6.54 Å². The van der Waals surface area contributed by atoms with Gasteiger partial charge in [0.2, 0.25) is 5.91 Å². The van der Waals surface area contributed by atoms with Gasteiger partial charge in [-0.2, -0.15) is 5.10 Å². The highest BCUT2D eigenvalue weighted by Crippen LogP contribution is 2.11. The Morgan fingerprint density at radius 1 is 1.42 bits per heavy atom. The van der Waals surface area contributed by atoms with Crippen molar-refractivity contribution in [3.63, 3.8) is 0 Å². The third kappa shape index (κ3) is 3.92. The van der Waals surface area contributed by atoms with E-state index in [1.807, 2.05) is 25.1 Å². The van der Waals surface area contributed by atoms with Gasteiger partial charge in [0.15, 0.2) is 0 Å². The summed E-state index contributed by atoms with van der Waals surface area (Å²) in [6.07, 6.45) is 4.30. The molecule has 1 heterocycles. The van der Waals surface area contributed by atoms with Crippen LogP contribution in [0.25, 0.3) is 0 Å². The van der Waals surface area contributed by atoms with E-state index in [0.717, 1.165) is 10.9 Å². The lowest BCUT2D eigenvalue weighted by Gasteiger charge is -2.12. The molecule has 0 fully saturated rings. The second-order valence-electron chi connectivity index (χ2n) is 4.34. The Labute approximate surface area is 120 Å². The largest absolute Gasteiger partial charge is 0.354 e. The number of rotatable bonds is 5. The third-order valence-electron chi connectivity index (χ3n) is 2.90. The van der Waals surface area contributed by atoms with Crippen LogP contribution in [0.5, 0.6) is 0 Å². The molecule has 1 N–H and O–H groups in total. The van der Waals surface area contributed by atoms with E-state index in [9.17, 15) is 4.79 Å². The Bertz CT molecular complexity index is 539. The Hall–Kier alpha value is -1.62. The number of amides is 1. The third-order valence-corrected chi connectivity index (χ3v) is 3.31. The van der Waals surface area contributed by atoms with Crippen molar-refractivity contribution in [3.05, 3.63) is 52.8 Å². The first-order valence-corrected chi connectivity index (χ1v) is 6.97. The van der Waals surface area contributed by atoms with Gasteiger partial charge in [0, 0.05) is 12.7 Å². The molecular weight excluding hydrogens is 306 g/mol. The fourth-order valence-electron chi connectivity index (χ4n) is 1.77. The van der Waals surface area contributed by atoms with Crippen molar-refractivity contribution < 1.29 is 4.79 Å². The molecule has 1 amide bonds. The van der Waals surface area contributed by atoms with Crippen LogP contribution in [0, 0.1) is 0 Å². The summed E-state index contributed by atoms with van der Waals surface area (Å²) in [5, 5.41) is 7.04. The maximum atomic E-state index is 12.0. The Morgan fingerprint density at radius 3 is 2.79 bits per heavy atom. The van der Waals surface area contributed by atoms with E-state index in [1.54, 1.807) is 17.1 Å². The molecule has 0 aliphatic rings. The lowest BCUT2D eigenvalue weighted by atomic mass is 10.1. The van der Waals surface area contributed by atoms with Gasteiger partial charge in [0.1, 0.15) is 6.04 Å². The topological polar surface area (TPSA) is 46.9 Å². The molecule has 4 nitrogen and oxygen atoms in total. The minimum atomic E-state index is -0.304. The van der Waals surface area contributed by atoms with Crippen LogP contribution in [0.15, 0.2) is 47.2 Å². The molecule has 0 radical (unpaired) electrons. The summed E-state index contributed by atoms with van der Waals surface area (Å²) in [5.41, 5.74) is 1.22. The van der Waals surface area contributed by atoms with Crippen LogP contribution >= 0.6 is 15.9 Å². The summed E-state index contributed by atoms with van der Waals surface area (Å²) < 4.78 is 2.51. The lowest BCUT2D eigenvalue weighted by molar-refractivity contribution is -0.124. The van der Waals surface area contributed by atoms with Crippen LogP contribution in [-0.4, -0.2) is 22.2 Å². The number of nitrogens with zero attached hydrogens (tertiary/aromatic N) is 2. The zero-order valence-electron chi connectivity index (χ0n) is 10.7. The molecule has 0 saturated carbocycles. The van der Waals surface area contributed by atoms with Gasteiger partial charge in [-0.25, -0.2) is 0 Å². The molecule has 19 heavy (non-hydrogen) atoms. The van der Waals surface area contributed by atoms with Gasteiger partial charge in [0.05, 0.1) is 10.7 Å². The van der Waals surface area contributed by atoms with E-state index < -0.39 is 0 Å². The van der Waals surface area contributed by atoms with Gasteiger partial charge in [0.25, 0.3) is 0 Å². The first kappa shape index (κ1) is 13.8. The molecule has 1 atom stereocenters. The van der Waals surface area contributed by atoms with Crippen molar-refractivity contribution in [1.82, 2.24) is 15.1 Å². The van der Waals surface area contributed by atoms with E-state index in [-0.39, 0.29) is 11.9 Å². The van der Waals surface area contributed by atoms with Gasteiger partial charge in [-0.05, 0) is 34.8 Å². The summed E-state index contributed by atoms with van der Waals surface area (Å²) >= 11 is 3.32. The van der Waals surface area contributed by atoms with E-state index >= 15 is 0 Å². The number of hydrogen-bond donors (Lipinski definition) is 1. The molecule has 2 aromatic rings. The van der Waals surface area contributed by atoms with Crippen LogP contribution in [0.1, 0.15) is 18.5 Å². The summed E-state index contributed by atoms with van der Waals surface area (Å²) in [5.74, 6) is -0.0217. The van der Waals surface area contributed by atoms with E-state index in [1.165, 1.54) is 5.56 Å². The maximum absolute atomic E-state index is 12.0. The predicted molar refractivity (Wildman–Crippen MR) is 77.8 cm³/mol. The maximum Gasteiger partial charge on any atom is 0.244 e. The van der Waals surface area contributed by atoms with Crippen molar-refractivity contribution in [2.24, 2.45) is 0 Å². The molecule has 1 aromatic heterocycles. The quantitative estimate of drug-likeness (QED) is 0.920. The number of carbonyl (C=O) groups is 1. The zero-order chi connectivity index (χ0) is 13.7. The molecular formula is C14H16BrN3O. The summed E-state index contributed by atoms with van der Waals surface area (Å²) in [4.78, 5) is 12.0. The number of aromatic nitrogens is 2. The average Bonchev–Trinajstić information content (AvgIpc) is 2.85. The van der Waals surface area contributed by atoms with E-state index in [0.29, 0.717) is 6.54 Å². The second-order valence-corrected chi connectivity index (χ2v) is 5.26. The molecule has 1 aromatic carbocycles. The first-order valence-electron chi connectivity index (χ1n) is 6.18. The highest BCUT2D eigenvalue weighted by Gasteiger charge is 2.14. The number of nitrogens with one attached hydrogen (secondary N) is 1. The molecule has 0 bridgehead atoms. The predicted octanol–water partition coefficient (Wildman–Crippen LogP) is 2.57. The average molecular weight is 322 g/mol. The zero-order valence-corrected chi connectivity index (χ0v) is 12.3. The number of hydrogen-bond acceptors (Lipinski definition) is 2. The van der Waals surface area contributed by atoms with Crippen LogP contribution in [0.4, 0.5) is 0 Å². The molecule has 0 spiro atoms. The molecule has 0 aliphatic heterocycles. The highest BCUT2D eigenvalue weighted by atomic mass is 79.9. The van der Waals surface area contributed by atoms with Gasteiger partial charge in [-0.15, -0.1) is 0 Å². The highest BCUT2D eigenvalue weighted by molar-refractivity contribution is 9.10. The summed E-state index contributed by atoms with van der Waals surface area (Å²) in [7, 11) is 0. The monoisotopic (exact) mass is 321 g/mol. The van der Waals surface area contributed by atoms with E-state index in [4.69, 9.17) is 0 Å². The van der Waals surface area contributed by atoms with Gasteiger partial charge in [-0.1, -0.05) is 30.3 Å². The van der Waals surface area contributed by atoms with Crippen molar-refractivity contribution in [3.8, 4) is 0 Å². The standard InChI is InChI=1S/C14H16BrN3O/c1-11(18-10-13(15)9-17-18)14(19)16-8-7-12-5-3-2-4-6-12/h2-6,9-11H,7-8H2,1H3,(H,16,19)/t11-/m0/s1. The second kappa shape index (κ2) is 6.52. The Morgan fingerprint density at radius 2 is 2.16 bits per heavy atom. The summed E-state index contributed by atoms with van der Waals surface area (Å²) in [6.45, 7) is 2.47. The molecule has 100 valence electrons. The SMILES string of the molecule is C[C@@H](C(=O)NCCc1ccccc1)n1cc(Br)cn1. The van der Waals surface area contributed by atoms with Crippen molar-refractivity contribution >= 4 is 21.8 Å². The van der Waals surface area contributed by atoms with Crippen LogP contribution < -0.4 is 5.32 Å². The van der Waals surface area contributed by atoms with Gasteiger partial charge < -0.3 is 5.32 Å². The van der Waals surface area contributed by atoms with Gasteiger partial charge in [-0.3, -0.25) is 9.48 Å². The van der Waals surface area contributed by atoms with Crippen LogP contribution in [0.3, 0.4) is 0 Å². The smallest absolute Gasteiger partial charge is 0.244 e. The fraction of sp³-hybridized carbons (Fsp3) is 0.286. The minimum absolute atomic E-state index is 0.0217. The molecule has 0 unspecified atom stereocenters. The Kier molecular flexibility index (Phi) is 4.74. The molecule has 2 rings (SSSR count). The number of benzene rings is 1. The van der Waals surface area contributed by atoms with Crippen molar-refractivity contribution in [1.29, 1.82) is 0 Å². The van der Waals surface area contributed by atoms with Crippen molar-refractivity contribution in [2.45, 2.75) is 19.4 Å². The Balaban J connectivity index is 1.81. The normalized spacial score (nSPS) is 12.1. The minimum Gasteiger partial charge on any atom is -0.354 e. The number of halogens is 1. The summed E-state index contributed by atoms with van der Waals surface area (Å²) in [6, 6.07) is 9.80. The van der Waals surface area contributed by atoms with Crippen LogP contribution in [-0.2, 0) is 11.2 Å². The number of carbonyl (C=O) groups excluding carboxylic acids is 1. The fourth-order valence-corrected chi connectivity index (χ4v) is 2.07. The van der Waals surface area contributed by atoms with E-state index in [2.05, 4.69) is 38.5 Å². The van der Waals surface area contributed by atoms with Crippen LogP contribution in [0.2, 0.25) is 0 Å². The van der Waals surface area contributed by atoms with Gasteiger partial charge >= 0.3 is 0 Å². The molecule has 5 heteroatoms. The lowest BCUT2D eigenvalue weighted by Crippen LogP contribution is -2.32. The first-order chi connectivity index (χ1) is 9.16. The molecule has 0 aliphatic carbocycles.